The molecule has 0 aromatic heterocycles. The lowest BCUT2D eigenvalue weighted by atomic mass is 9.40. The number of epoxide rings is 1. The first-order valence-electron chi connectivity index (χ1n) is 13.9. The predicted octanol–water partition coefficient (Wildman–Crippen LogP) is 3.75. The van der Waals surface area contributed by atoms with Gasteiger partial charge in [-0.3, -0.25) is 24.0 Å². The van der Waals surface area contributed by atoms with Crippen LogP contribution in [0.2, 0.25) is 0 Å². The predicted molar refractivity (Wildman–Crippen MR) is 139 cm³/mol. The summed E-state index contributed by atoms with van der Waals surface area (Å²) in [6, 6.07) is 0. The molecule has 0 bridgehead atoms. The maximum absolute atomic E-state index is 14.2. The van der Waals surface area contributed by atoms with E-state index in [0.717, 1.165) is 5.57 Å². The molecule has 0 radical (unpaired) electrons. The molecule has 38 heavy (non-hydrogen) atoms. The van der Waals surface area contributed by atoms with Crippen molar-refractivity contribution in [3.8, 4) is 0 Å². The number of aliphatic hydroxyl groups is 1. The van der Waals surface area contributed by atoms with Crippen molar-refractivity contribution in [2.45, 2.75) is 92.3 Å². The van der Waals surface area contributed by atoms with Gasteiger partial charge in [-0.25, -0.2) is 0 Å². The molecule has 4 aliphatic carbocycles. The minimum Gasteiger partial charge on any atom is -0.395 e. The van der Waals surface area contributed by atoms with Crippen molar-refractivity contribution < 1.29 is 33.8 Å². The Balaban J connectivity index is 1.59. The van der Waals surface area contributed by atoms with Crippen LogP contribution in [-0.4, -0.2) is 52.3 Å². The minimum absolute atomic E-state index is 0.0379. The summed E-state index contributed by atoms with van der Waals surface area (Å²) in [6.45, 7) is 12.3. The average Bonchev–Trinajstić information content (AvgIpc) is 3.54. The second-order valence-corrected chi connectivity index (χ2v) is 13.5. The molecule has 0 aromatic carbocycles. The first-order valence-corrected chi connectivity index (χ1v) is 13.9. The molecule has 1 saturated heterocycles. The van der Waals surface area contributed by atoms with Gasteiger partial charge in [0.05, 0.1) is 29.0 Å². The molecule has 206 valence electrons. The molecule has 1 spiro atoms. The normalized spacial score (nSPS) is 46.4. The highest BCUT2D eigenvalue weighted by Gasteiger charge is 2.86. The van der Waals surface area contributed by atoms with Crippen LogP contribution in [0.5, 0.6) is 0 Å². The zero-order valence-corrected chi connectivity index (χ0v) is 23.6. The molecule has 1 aliphatic heterocycles. The van der Waals surface area contributed by atoms with Crippen molar-refractivity contribution in [2.75, 3.05) is 6.61 Å². The Bertz CT molecular complexity index is 1240. The number of hydrogen-bond donors (Lipinski definition) is 1. The summed E-state index contributed by atoms with van der Waals surface area (Å²) in [7, 11) is 0. The zero-order valence-electron chi connectivity index (χ0n) is 23.6. The lowest BCUT2D eigenvalue weighted by molar-refractivity contribution is -0.152. The molecule has 1 heterocycles. The standard InChI is InChI=1S/C31H40O7/c1-16(18(3)33)10-19(34)11-17(2)20-12-25(37)30(7)29(20,6)24(36)13-22-27(4)9-8-23(35)28(5,15-32)21(27)14-26-31(22,30)38-26/h11,13,16,20-21,26,32H,8-10,12,14-15H2,1-7H3/b17-11+/t16?,20-,21-,26-,27+,28-,29+,30-,31+/m1/s1. The quantitative estimate of drug-likeness (QED) is 0.415. The van der Waals surface area contributed by atoms with Gasteiger partial charge in [0.25, 0.3) is 0 Å². The fourth-order valence-corrected chi connectivity index (χ4v) is 9.03. The third-order valence-corrected chi connectivity index (χ3v) is 11.9. The van der Waals surface area contributed by atoms with E-state index in [-0.39, 0.29) is 66.3 Å². The SMILES string of the molecule is CC(=O)C(C)CC(=O)/C=C(\C)[C@H]1CC(=O)[C@]2(C)[C@]1(C)C(=O)C=C1[C@@]3(C)CCC(=O)[C@](C)(CO)[C@@H]3C[C@H]3O[C@@]132. The number of allylic oxidation sites excluding steroid dienone is 3. The van der Waals surface area contributed by atoms with E-state index < -0.39 is 33.2 Å². The van der Waals surface area contributed by atoms with Gasteiger partial charge in [-0.15, -0.1) is 0 Å². The van der Waals surface area contributed by atoms with Crippen LogP contribution in [0.1, 0.15) is 80.6 Å². The van der Waals surface area contributed by atoms with Gasteiger partial charge in [0, 0.05) is 31.1 Å². The number of fused-ring (bicyclic) bond motifs is 3. The highest BCUT2D eigenvalue weighted by Crippen LogP contribution is 2.78. The Kier molecular flexibility index (Phi) is 5.85. The van der Waals surface area contributed by atoms with Crippen LogP contribution < -0.4 is 0 Å². The lowest BCUT2D eigenvalue weighted by Gasteiger charge is -2.59. The fourth-order valence-electron chi connectivity index (χ4n) is 9.03. The average molecular weight is 525 g/mol. The summed E-state index contributed by atoms with van der Waals surface area (Å²) in [6.07, 6.45) is 4.54. The van der Waals surface area contributed by atoms with E-state index in [1.165, 1.54) is 13.0 Å². The number of ether oxygens (including phenoxy) is 1. The van der Waals surface area contributed by atoms with Crippen LogP contribution in [0.15, 0.2) is 23.3 Å². The third-order valence-electron chi connectivity index (χ3n) is 11.9. The monoisotopic (exact) mass is 524 g/mol. The highest BCUT2D eigenvalue weighted by molar-refractivity contribution is 6.08. The van der Waals surface area contributed by atoms with Crippen LogP contribution in [0.3, 0.4) is 0 Å². The Hall–Kier alpha value is -2.25. The summed E-state index contributed by atoms with van der Waals surface area (Å²) < 4.78 is 6.53. The highest BCUT2D eigenvalue weighted by atomic mass is 16.6. The Morgan fingerprint density at radius 1 is 1.13 bits per heavy atom. The zero-order chi connectivity index (χ0) is 28.2. The fraction of sp³-hybridized carbons (Fsp3) is 0.710. The molecule has 7 heteroatoms. The second-order valence-electron chi connectivity index (χ2n) is 13.5. The molecule has 5 rings (SSSR count). The largest absolute Gasteiger partial charge is 0.395 e. The molecule has 4 fully saturated rings. The van der Waals surface area contributed by atoms with E-state index in [1.54, 1.807) is 19.9 Å². The number of ketones is 5. The van der Waals surface area contributed by atoms with E-state index in [4.69, 9.17) is 4.74 Å². The van der Waals surface area contributed by atoms with Crippen molar-refractivity contribution in [1.29, 1.82) is 0 Å². The number of carbonyl (C=O) groups excluding carboxylic acids is 5. The molecule has 7 nitrogen and oxygen atoms in total. The maximum atomic E-state index is 14.2. The Labute approximate surface area is 224 Å². The summed E-state index contributed by atoms with van der Waals surface area (Å²) in [5, 5.41) is 10.3. The van der Waals surface area contributed by atoms with Gasteiger partial charge in [0.1, 0.15) is 23.0 Å². The van der Waals surface area contributed by atoms with Crippen molar-refractivity contribution >= 4 is 28.9 Å². The number of Topliss-reactive ketones (excluding diaryl/α,β-unsaturated/α-hetero) is 3. The molecular weight excluding hydrogens is 484 g/mol. The Morgan fingerprint density at radius 2 is 1.79 bits per heavy atom. The lowest BCUT2D eigenvalue weighted by Crippen LogP contribution is -2.65. The molecular formula is C31H40O7. The number of aliphatic hydroxyl groups excluding tert-OH is 1. The van der Waals surface area contributed by atoms with Crippen LogP contribution in [0.25, 0.3) is 0 Å². The van der Waals surface area contributed by atoms with Crippen LogP contribution in [0, 0.1) is 39.4 Å². The minimum atomic E-state index is -1.12. The van der Waals surface area contributed by atoms with Gasteiger partial charge < -0.3 is 9.84 Å². The summed E-state index contributed by atoms with van der Waals surface area (Å²) in [5.74, 6) is -1.42. The summed E-state index contributed by atoms with van der Waals surface area (Å²) in [4.78, 5) is 65.6. The van der Waals surface area contributed by atoms with E-state index in [2.05, 4.69) is 6.92 Å². The number of hydrogen-bond acceptors (Lipinski definition) is 7. The smallest absolute Gasteiger partial charge is 0.163 e. The van der Waals surface area contributed by atoms with Gasteiger partial charge in [-0.1, -0.05) is 33.3 Å². The molecule has 3 saturated carbocycles. The molecule has 1 unspecified atom stereocenters. The van der Waals surface area contributed by atoms with Gasteiger partial charge in [-0.2, -0.15) is 0 Å². The molecule has 9 atom stereocenters. The van der Waals surface area contributed by atoms with Crippen molar-refractivity contribution in [3.05, 3.63) is 23.3 Å². The van der Waals surface area contributed by atoms with Crippen LogP contribution in [0.4, 0.5) is 0 Å². The topological polar surface area (TPSA) is 118 Å². The molecule has 0 amide bonds. The number of carbonyl (C=O) groups is 5. The molecule has 0 aromatic rings. The van der Waals surface area contributed by atoms with Crippen molar-refractivity contribution in [1.82, 2.24) is 0 Å². The van der Waals surface area contributed by atoms with E-state index in [9.17, 15) is 29.1 Å². The van der Waals surface area contributed by atoms with Crippen LogP contribution >= 0.6 is 0 Å². The van der Waals surface area contributed by atoms with Gasteiger partial charge in [0.2, 0.25) is 0 Å². The van der Waals surface area contributed by atoms with E-state index >= 15 is 0 Å². The van der Waals surface area contributed by atoms with Gasteiger partial charge in [-0.05, 0) is 62.7 Å². The summed E-state index contributed by atoms with van der Waals surface area (Å²) >= 11 is 0. The third kappa shape index (κ3) is 3.01. The molecule has 1 N–H and O–H groups in total. The van der Waals surface area contributed by atoms with E-state index in [0.29, 0.717) is 24.8 Å². The second kappa shape index (κ2) is 8.14. The maximum Gasteiger partial charge on any atom is 0.163 e. The first-order chi connectivity index (χ1) is 17.6. The first kappa shape index (κ1) is 27.3. The van der Waals surface area contributed by atoms with Crippen molar-refractivity contribution in [2.24, 2.45) is 39.4 Å². The van der Waals surface area contributed by atoms with Gasteiger partial charge in [0.15, 0.2) is 11.6 Å². The Morgan fingerprint density at radius 3 is 2.39 bits per heavy atom. The van der Waals surface area contributed by atoms with E-state index in [1.807, 2.05) is 20.8 Å². The molecule has 5 aliphatic rings. The van der Waals surface area contributed by atoms with Crippen LogP contribution in [-0.2, 0) is 28.7 Å². The van der Waals surface area contributed by atoms with Gasteiger partial charge >= 0.3 is 0 Å². The summed E-state index contributed by atoms with van der Waals surface area (Å²) in [5.41, 5.74) is -3.12. The number of rotatable bonds is 6. The van der Waals surface area contributed by atoms with Crippen molar-refractivity contribution in [3.63, 3.8) is 0 Å².